The van der Waals surface area contributed by atoms with E-state index in [2.05, 4.69) is 49.9 Å². The number of benzene rings is 1. The van der Waals surface area contributed by atoms with E-state index in [9.17, 15) is 0 Å². The van der Waals surface area contributed by atoms with E-state index in [-0.39, 0.29) is 6.04 Å². The van der Waals surface area contributed by atoms with Crippen molar-refractivity contribution in [1.82, 2.24) is 4.84 Å². The Balaban J connectivity index is 2.79. The summed E-state index contributed by atoms with van der Waals surface area (Å²) in [6.45, 7) is 6.64. The lowest BCUT2D eigenvalue weighted by molar-refractivity contribution is 0.568. The largest absolute Gasteiger partial charge is 0.226 e. The summed E-state index contributed by atoms with van der Waals surface area (Å²) in [5, 5.41) is 0. The number of rotatable bonds is 6. The highest BCUT2D eigenvalue weighted by atomic mass is 35.5. The van der Waals surface area contributed by atoms with Gasteiger partial charge in [0.2, 0.25) is 0 Å². The quantitative estimate of drug-likeness (QED) is 0.705. The second-order valence-corrected chi connectivity index (χ2v) is 4.85. The fourth-order valence-corrected chi connectivity index (χ4v) is 2.06. The van der Waals surface area contributed by atoms with Crippen LogP contribution in [0.4, 0.5) is 0 Å². The Morgan fingerprint density at radius 3 is 2.50 bits per heavy atom. The summed E-state index contributed by atoms with van der Waals surface area (Å²) in [5.41, 5.74) is 2.68. The van der Waals surface area contributed by atoms with E-state index in [1.807, 2.05) is 0 Å². The molecule has 0 aliphatic carbocycles. The lowest BCUT2D eigenvalue weighted by Crippen LogP contribution is -2.11. The van der Waals surface area contributed by atoms with Crippen molar-refractivity contribution in [2.24, 2.45) is 0 Å². The maximum absolute atomic E-state index is 5.82. The minimum absolute atomic E-state index is 0.278. The molecule has 1 unspecified atom stereocenters. The third kappa shape index (κ3) is 3.80. The highest BCUT2D eigenvalue weighted by Crippen LogP contribution is 2.23. The highest BCUT2D eigenvalue weighted by Gasteiger charge is 2.10. The average Bonchev–Trinajstić information content (AvgIpc) is 2.30. The Morgan fingerprint density at radius 2 is 1.94 bits per heavy atom. The van der Waals surface area contributed by atoms with Gasteiger partial charge in [-0.2, -0.15) is 0 Å². The van der Waals surface area contributed by atoms with Gasteiger partial charge in [-0.05, 0) is 35.2 Å². The lowest BCUT2D eigenvalue weighted by atomic mass is 9.96. The number of hydrogen-bond donors (Lipinski definition) is 1. The molecule has 2 heteroatoms. The van der Waals surface area contributed by atoms with Gasteiger partial charge in [-0.25, -0.2) is 4.84 Å². The van der Waals surface area contributed by atoms with Crippen LogP contribution < -0.4 is 4.84 Å². The molecule has 90 valence electrons. The molecule has 0 bridgehead atoms. The first-order chi connectivity index (χ1) is 7.69. The highest BCUT2D eigenvalue weighted by molar-refractivity contribution is 6.13. The van der Waals surface area contributed by atoms with Crippen LogP contribution in [0.5, 0.6) is 0 Å². The topological polar surface area (TPSA) is 12.0 Å². The van der Waals surface area contributed by atoms with Crippen molar-refractivity contribution >= 4 is 11.8 Å². The van der Waals surface area contributed by atoms with Crippen LogP contribution in [0.3, 0.4) is 0 Å². The van der Waals surface area contributed by atoms with E-state index in [1.165, 1.54) is 24.0 Å². The Hall–Kier alpha value is -0.530. The zero-order valence-corrected chi connectivity index (χ0v) is 11.2. The Labute approximate surface area is 104 Å². The van der Waals surface area contributed by atoms with E-state index in [0.717, 1.165) is 6.42 Å². The molecule has 0 amide bonds. The Morgan fingerprint density at radius 1 is 1.25 bits per heavy atom. The number of unbranched alkanes of at least 4 members (excludes halogenated alkanes) is 1. The summed E-state index contributed by atoms with van der Waals surface area (Å²) >= 11 is 5.82. The minimum atomic E-state index is 0.278. The van der Waals surface area contributed by atoms with Crippen LogP contribution in [0.1, 0.15) is 63.1 Å². The van der Waals surface area contributed by atoms with Crippen molar-refractivity contribution in [3.8, 4) is 0 Å². The van der Waals surface area contributed by atoms with Gasteiger partial charge < -0.3 is 0 Å². The molecule has 1 aromatic carbocycles. The molecule has 0 saturated heterocycles. The lowest BCUT2D eigenvalue weighted by Gasteiger charge is -2.16. The van der Waals surface area contributed by atoms with Crippen molar-refractivity contribution in [2.45, 2.75) is 52.0 Å². The zero-order chi connectivity index (χ0) is 12.0. The second-order valence-electron chi connectivity index (χ2n) is 4.63. The molecule has 1 rings (SSSR count). The predicted molar refractivity (Wildman–Crippen MR) is 71.8 cm³/mol. The first kappa shape index (κ1) is 13.5. The maximum atomic E-state index is 5.82. The van der Waals surface area contributed by atoms with E-state index < -0.39 is 0 Å². The molecular weight excluding hydrogens is 218 g/mol. The molecule has 0 heterocycles. The third-order valence-electron chi connectivity index (χ3n) is 2.96. The molecular formula is C14H22ClN. The smallest absolute Gasteiger partial charge is 0.0470 e. The molecule has 0 spiro atoms. The molecule has 1 aromatic rings. The van der Waals surface area contributed by atoms with E-state index >= 15 is 0 Å². The fourth-order valence-electron chi connectivity index (χ4n) is 1.83. The van der Waals surface area contributed by atoms with Crippen molar-refractivity contribution in [2.75, 3.05) is 0 Å². The van der Waals surface area contributed by atoms with Crippen LogP contribution in [0.2, 0.25) is 0 Å². The van der Waals surface area contributed by atoms with Gasteiger partial charge in [-0.3, -0.25) is 0 Å². The molecule has 1 nitrogen and oxygen atoms in total. The van der Waals surface area contributed by atoms with Crippen LogP contribution in [-0.4, -0.2) is 0 Å². The standard InChI is InChI=1S/C14H22ClN/c1-4-5-9-14(16-15)13-8-6-7-12(10-13)11(2)3/h6-8,10-11,14,16H,4-5,9H2,1-3H3. The SMILES string of the molecule is CCCCC(NCl)c1cccc(C(C)C)c1. The van der Waals surface area contributed by atoms with Crippen LogP contribution in [0, 0.1) is 0 Å². The van der Waals surface area contributed by atoms with Gasteiger partial charge in [0.1, 0.15) is 0 Å². The van der Waals surface area contributed by atoms with Gasteiger partial charge in [0.05, 0.1) is 0 Å². The van der Waals surface area contributed by atoms with Crippen LogP contribution >= 0.6 is 11.8 Å². The molecule has 16 heavy (non-hydrogen) atoms. The van der Waals surface area contributed by atoms with Gasteiger partial charge in [-0.15, -0.1) is 0 Å². The molecule has 1 atom stereocenters. The van der Waals surface area contributed by atoms with Crippen LogP contribution in [0.15, 0.2) is 24.3 Å². The monoisotopic (exact) mass is 239 g/mol. The van der Waals surface area contributed by atoms with Gasteiger partial charge in [0.25, 0.3) is 0 Å². The summed E-state index contributed by atoms with van der Waals surface area (Å²) in [4.78, 5) is 2.89. The Kier molecular flexibility index (Phi) is 5.86. The van der Waals surface area contributed by atoms with Crippen LogP contribution in [0.25, 0.3) is 0 Å². The molecule has 0 aromatic heterocycles. The van der Waals surface area contributed by atoms with Gasteiger partial charge in [0, 0.05) is 6.04 Å². The van der Waals surface area contributed by atoms with Crippen molar-refractivity contribution in [3.63, 3.8) is 0 Å². The first-order valence-electron chi connectivity index (χ1n) is 6.15. The van der Waals surface area contributed by atoms with Crippen molar-refractivity contribution in [1.29, 1.82) is 0 Å². The number of halogens is 1. The molecule has 0 radical (unpaired) electrons. The van der Waals surface area contributed by atoms with Crippen molar-refractivity contribution in [3.05, 3.63) is 35.4 Å². The Bertz CT molecular complexity index is 309. The van der Waals surface area contributed by atoms with E-state index in [0.29, 0.717) is 5.92 Å². The van der Waals surface area contributed by atoms with Crippen LogP contribution in [-0.2, 0) is 0 Å². The van der Waals surface area contributed by atoms with Gasteiger partial charge in [-0.1, -0.05) is 57.9 Å². The summed E-state index contributed by atoms with van der Waals surface area (Å²) in [5.74, 6) is 0.571. The maximum Gasteiger partial charge on any atom is 0.0470 e. The summed E-state index contributed by atoms with van der Waals surface area (Å²) in [7, 11) is 0. The summed E-state index contributed by atoms with van der Waals surface area (Å²) < 4.78 is 0. The molecule has 1 N–H and O–H groups in total. The molecule has 0 saturated carbocycles. The second kappa shape index (κ2) is 6.93. The predicted octanol–water partition coefficient (Wildman–Crippen LogP) is 4.78. The van der Waals surface area contributed by atoms with Crippen molar-refractivity contribution < 1.29 is 0 Å². The number of nitrogens with one attached hydrogen (secondary N) is 1. The summed E-state index contributed by atoms with van der Waals surface area (Å²) in [6.07, 6.45) is 3.51. The van der Waals surface area contributed by atoms with Gasteiger partial charge in [0.15, 0.2) is 0 Å². The number of hydrogen-bond acceptors (Lipinski definition) is 1. The normalized spacial score (nSPS) is 13.1. The van der Waals surface area contributed by atoms with E-state index in [4.69, 9.17) is 11.8 Å². The van der Waals surface area contributed by atoms with E-state index in [1.54, 1.807) is 0 Å². The average molecular weight is 240 g/mol. The fraction of sp³-hybridized carbons (Fsp3) is 0.571. The minimum Gasteiger partial charge on any atom is -0.226 e. The third-order valence-corrected chi connectivity index (χ3v) is 3.22. The molecule has 0 aliphatic rings. The molecule has 0 fully saturated rings. The van der Waals surface area contributed by atoms with Gasteiger partial charge >= 0.3 is 0 Å². The zero-order valence-electron chi connectivity index (χ0n) is 10.5. The molecule has 0 aliphatic heterocycles. The first-order valence-corrected chi connectivity index (χ1v) is 6.52. The summed E-state index contributed by atoms with van der Waals surface area (Å²) in [6, 6.07) is 9.00.